The summed E-state index contributed by atoms with van der Waals surface area (Å²) in [4.78, 5) is 11.5. The number of rotatable bonds is 5. The van der Waals surface area contributed by atoms with Crippen molar-refractivity contribution < 1.29 is 9.53 Å². The van der Waals surface area contributed by atoms with Crippen LogP contribution in [0, 0.1) is 5.92 Å². The summed E-state index contributed by atoms with van der Waals surface area (Å²) >= 11 is 0. The molecule has 1 fully saturated rings. The third-order valence-corrected chi connectivity index (χ3v) is 2.57. The van der Waals surface area contributed by atoms with Crippen LogP contribution in [-0.4, -0.2) is 25.5 Å². The zero-order valence-electron chi connectivity index (χ0n) is 8.13. The van der Waals surface area contributed by atoms with Gasteiger partial charge in [0.05, 0.1) is 6.61 Å². The van der Waals surface area contributed by atoms with Gasteiger partial charge in [0.25, 0.3) is 0 Å². The molecule has 0 aromatic heterocycles. The molecule has 0 atom stereocenters. The maximum Gasteiger partial charge on any atom is 0.161 e. The van der Waals surface area contributed by atoms with E-state index in [1.165, 1.54) is 19.3 Å². The molecule has 3 heteroatoms. The highest BCUT2D eigenvalue weighted by Gasteiger charge is 2.20. The number of ether oxygens (including phenoxy) is 1. The van der Waals surface area contributed by atoms with E-state index < -0.39 is 0 Å². The van der Waals surface area contributed by atoms with Crippen LogP contribution in [0.1, 0.15) is 32.1 Å². The third kappa shape index (κ3) is 3.87. The fourth-order valence-electron chi connectivity index (χ4n) is 1.80. The van der Waals surface area contributed by atoms with Crippen LogP contribution >= 0.6 is 0 Å². The average Bonchev–Trinajstić information content (AvgIpc) is 2.19. The SMILES string of the molecule is NCCOCC(=O)C1CCCCC1. The molecule has 0 spiro atoms. The van der Waals surface area contributed by atoms with Crippen molar-refractivity contribution in [2.24, 2.45) is 11.7 Å². The molecule has 2 N–H and O–H groups in total. The maximum absolute atomic E-state index is 11.5. The van der Waals surface area contributed by atoms with Crippen LogP contribution in [0.25, 0.3) is 0 Å². The molecular weight excluding hydrogens is 166 g/mol. The van der Waals surface area contributed by atoms with Crippen LogP contribution in [-0.2, 0) is 9.53 Å². The fraction of sp³-hybridized carbons (Fsp3) is 0.900. The van der Waals surface area contributed by atoms with Gasteiger partial charge in [-0.25, -0.2) is 0 Å². The number of hydrogen-bond acceptors (Lipinski definition) is 3. The monoisotopic (exact) mass is 185 g/mol. The first-order chi connectivity index (χ1) is 6.34. The van der Waals surface area contributed by atoms with E-state index >= 15 is 0 Å². The van der Waals surface area contributed by atoms with Crippen molar-refractivity contribution >= 4 is 5.78 Å². The lowest BCUT2D eigenvalue weighted by Crippen LogP contribution is -2.23. The molecule has 13 heavy (non-hydrogen) atoms. The number of ketones is 1. The highest BCUT2D eigenvalue weighted by molar-refractivity contribution is 5.82. The molecule has 0 radical (unpaired) electrons. The van der Waals surface area contributed by atoms with Crippen LogP contribution < -0.4 is 5.73 Å². The summed E-state index contributed by atoms with van der Waals surface area (Å²) in [6, 6.07) is 0. The van der Waals surface area contributed by atoms with Gasteiger partial charge in [0, 0.05) is 12.5 Å². The fourth-order valence-corrected chi connectivity index (χ4v) is 1.80. The lowest BCUT2D eigenvalue weighted by Gasteiger charge is -2.19. The van der Waals surface area contributed by atoms with E-state index in [1.54, 1.807) is 0 Å². The molecule has 0 aromatic carbocycles. The number of carbonyl (C=O) groups excluding carboxylic acids is 1. The predicted molar refractivity (Wildman–Crippen MR) is 51.5 cm³/mol. The summed E-state index contributed by atoms with van der Waals surface area (Å²) < 4.78 is 5.12. The Labute approximate surface area is 79.6 Å². The topological polar surface area (TPSA) is 52.3 Å². The second-order valence-electron chi connectivity index (χ2n) is 3.64. The van der Waals surface area contributed by atoms with Crippen molar-refractivity contribution in [3.05, 3.63) is 0 Å². The van der Waals surface area contributed by atoms with E-state index in [9.17, 15) is 4.79 Å². The normalized spacial score (nSPS) is 18.8. The Hall–Kier alpha value is -0.410. The Kier molecular flexibility index (Phi) is 5.01. The molecule has 0 saturated heterocycles. The molecule has 0 aliphatic heterocycles. The standard InChI is InChI=1S/C10H19NO2/c11-6-7-13-8-10(12)9-4-2-1-3-5-9/h9H,1-8,11H2. The molecule has 1 aliphatic rings. The van der Waals surface area contributed by atoms with Gasteiger partial charge < -0.3 is 10.5 Å². The summed E-state index contributed by atoms with van der Waals surface area (Å²) in [5.74, 6) is 0.541. The predicted octanol–water partition coefficient (Wildman–Crippen LogP) is 1.11. The van der Waals surface area contributed by atoms with Crippen molar-refractivity contribution in [3.63, 3.8) is 0 Å². The highest BCUT2D eigenvalue weighted by Crippen LogP contribution is 2.24. The zero-order valence-corrected chi connectivity index (χ0v) is 8.13. The van der Waals surface area contributed by atoms with E-state index in [-0.39, 0.29) is 18.3 Å². The van der Waals surface area contributed by atoms with Gasteiger partial charge in [0.2, 0.25) is 0 Å². The second-order valence-corrected chi connectivity index (χ2v) is 3.64. The largest absolute Gasteiger partial charge is 0.372 e. The second kappa shape index (κ2) is 6.11. The molecule has 1 aliphatic carbocycles. The molecule has 0 heterocycles. The van der Waals surface area contributed by atoms with Crippen molar-refractivity contribution in [3.8, 4) is 0 Å². The first kappa shape index (κ1) is 10.7. The van der Waals surface area contributed by atoms with E-state index in [0.717, 1.165) is 12.8 Å². The zero-order chi connectivity index (χ0) is 9.52. The summed E-state index contributed by atoms with van der Waals surface area (Å²) in [5.41, 5.74) is 5.26. The third-order valence-electron chi connectivity index (χ3n) is 2.57. The van der Waals surface area contributed by atoms with Gasteiger partial charge in [-0.1, -0.05) is 19.3 Å². The lowest BCUT2D eigenvalue weighted by atomic mass is 9.86. The summed E-state index contributed by atoms with van der Waals surface area (Å²) in [6.07, 6.45) is 5.81. The molecule has 1 saturated carbocycles. The van der Waals surface area contributed by atoms with Crippen LogP contribution in [0.15, 0.2) is 0 Å². The Morgan fingerprint density at radius 2 is 2.00 bits per heavy atom. The first-order valence-corrected chi connectivity index (χ1v) is 5.15. The van der Waals surface area contributed by atoms with Gasteiger partial charge in [-0.15, -0.1) is 0 Å². The van der Waals surface area contributed by atoms with Gasteiger partial charge in [-0.05, 0) is 12.8 Å². The number of Topliss-reactive ketones (excluding diaryl/α,β-unsaturated/α-hetero) is 1. The van der Waals surface area contributed by atoms with Gasteiger partial charge in [0.1, 0.15) is 6.61 Å². The molecular formula is C10H19NO2. The Morgan fingerprint density at radius 3 is 2.62 bits per heavy atom. The summed E-state index contributed by atoms with van der Waals surface area (Å²) in [5, 5.41) is 0. The van der Waals surface area contributed by atoms with Crippen molar-refractivity contribution in [1.82, 2.24) is 0 Å². The van der Waals surface area contributed by atoms with Crippen LogP contribution in [0.4, 0.5) is 0 Å². The number of nitrogens with two attached hydrogens (primary N) is 1. The molecule has 0 amide bonds. The van der Waals surface area contributed by atoms with Gasteiger partial charge >= 0.3 is 0 Å². The summed E-state index contributed by atoms with van der Waals surface area (Å²) in [6.45, 7) is 1.26. The molecule has 0 aromatic rings. The van der Waals surface area contributed by atoms with Crippen molar-refractivity contribution in [1.29, 1.82) is 0 Å². The van der Waals surface area contributed by atoms with Crippen molar-refractivity contribution in [2.75, 3.05) is 19.8 Å². The molecule has 0 bridgehead atoms. The van der Waals surface area contributed by atoms with Gasteiger partial charge in [-0.3, -0.25) is 4.79 Å². The first-order valence-electron chi connectivity index (χ1n) is 5.15. The number of hydrogen-bond donors (Lipinski definition) is 1. The Balaban J connectivity index is 2.13. The van der Waals surface area contributed by atoms with Crippen LogP contribution in [0.5, 0.6) is 0 Å². The smallest absolute Gasteiger partial charge is 0.161 e. The van der Waals surface area contributed by atoms with E-state index in [1.807, 2.05) is 0 Å². The maximum atomic E-state index is 11.5. The minimum absolute atomic E-state index is 0.266. The lowest BCUT2D eigenvalue weighted by molar-refractivity contribution is -0.128. The minimum atomic E-state index is 0.266. The van der Waals surface area contributed by atoms with Crippen LogP contribution in [0.3, 0.4) is 0 Å². The molecule has 3 nitrogen and oxygen atoms in total. The van der Waals surface area contributed by atoms with E-state index in [0.29, 0.717) is 13.2 Å². The van der Waals surface area contributed by atoms with Crippen LogP contribution in [0.2, 0.25) is 0 Å². The van der Waals surface area contributed by atoms with Crippen molar-refractivity contribution in [2.45, 2.75) is 32.1 Å². The highest BCUT2D eigenvalue weighted by atomic mass is 16.5. The Bertz CT molecular complexity index is 153. The number of carbonyl (C=O) groups is 1. The van der Waals surface area contributed by atoms with Gasteiger partial charge in [0.15, 0.2) is 5.78 Å². The molecule has 1 rings (SSSR count). The molecule has 76 valence electrons. The summed E-state index contributed by atoms with van der Waals surface area (Å²) in [7, 11) is 0. The molecule has 0 unspecified atom stereocenters. The van der Waals surface area contributed by atoms with E-state index in [4.69, 9.17) is 10.5 Å². The Morgan fingerprint density at radius 1 is 1.31 bits per heavy atom. The van der Waals surface area contributed by atoms with E-state index in [2.05, 4.69) is 0 Å². The van der Waals surface area contributed by atoms with Gasteiger partial charge in [-0.2, -0.15) is 0 Å². The minimum Gasteiger partial charge on any atom is -0.372 e. The quantitative estimate of drug-likeness (QED) is 0.653. The average molecular weight is 185 g/mol.